The largest absolute Gasteiger partial charge is 0.493 e. The molecular weight excluding hydrogens is 336 g/mol. The maximum Gasteiger partial charge on any atom is 0.387 e. The topological polar surface area (TPSA) is 76.1 Å². The highest BCUT2D eigenvalue weighted by molar-refractivity contribution is 5.98. The van der Waals surface area contributed by atoms with Crippen LogP contribution >= 0.6 is 0 Å². The Bertz CT molecular complexity index is 696. The number of para-hydroxylation sites is 1. The van der Waals surface area contributed by atoms with Gasteiger partial charge < -0.3 is 19.5 Å². The third kappa shape index (κ3) is 2.89. The molecule has 1 aliphatic carbocycles. The van der Waals surface area contributed by atoms with Gasteiger partial charge in [-0.15, -0.1) is 0 Å². The number of hydrogen-bond acceptors (Lipinski definition) is 4. The van der Waals surface area contributed by atoms with Gasteiger partial charge >= 0.3 is 12.6 Å². The molecule has 2 fully saturated rings. The monoisotopic (exact) mass is 355 g/mol. The van der Waals surface area contributed by atoms with Crippen LogP contribution in [0, 0.1) is 11.3 Å². The Hall–Kier alpha value is -2.38. The van der Waals surface area contributed by atoms with E-state index in [0.717, 1.165) is 12.8 Å². The first kappa shape index (κ1) is 17.4. The number of carboxylic acid groups (broad SMARTS) is 1. The summed E-state index contributed by atoms with van der Waals surface area (Å²) in [4.78, 5) is 26.0. The molecule has 8 heteroatoms. The van der Waals surface area contributed by atoms with Crippen molar-refractivity contribution in [1.29, 1.82) is 0 Å². The Labute approximate surface area is 143 Å². The number of halogens is 2. The van der Waals surface area contributed by atoms with E-state index < -0.39 is 23.9 Å². The first-order valence-corrected chi connectivity index (χ1v) is 8.03. The molecule has 0 bridgehead atoms. The van der Waals surface area contributed by atoms with E-state index in [4.69, 9.17) is 4.74 Å². The first-order valence-electron chi connectivity index (χ1n) is 8.03. The number of ether oxygens (including phenoxy) is 2. The van der Waals surface area contributed by atoms with Gasteiger partial charge in [-0.25, -0.2) is 0 Å². The van der Waals surface area contributed by atoms with Crippen molar-refractivity contribution >= 4 is 11.9 Å². The van der Waals surface area contributed by atoms with Gasteiger partial charge in [-0.2, -0.15) is 8.78 Å². The number of carbonyl (C=O) groups excluding carboxylic acids is 1. The van der Waals surface area contributed by atoms with Crippen LogP contribution in [0.2, 0.25) is 0 Å². The van der Waals surface area contributed by atoms with Crippen LogP contribution < -0.4 is 9.47 Å². The molecule has 1 aliphatic heterocycles. The number of methoxy groups -OCH3 is 1. The molecule has 6 nitrogen and oxygen atoms in total. The van der Waals surface area contributed by atoms with Gasteiger partial charge in [-0.3, -0.25) is 9.59 Å². The Kier molecular flexibility index (Phi) is 4.53. The van der Waals surface area contributed by atoms with Crippen LogP contribution in [-0.2, 0) is 4.79 Å². The van der Waals surface area contributed by atoms with E-state index in [-0.39, 0.29) is 29.5 Å². The number of amides is 1. The van der Waals surface area contributed by atoms with E-state index >= 15 is 0 Å². The van der Waals surface area contributed by atoms with E-state index in [1.165, 1.54) is 30.2 Å². The fourth-order valence-corrected chi connectivity index (χ4v) is 4.02. The number of alkyl halides is 2. The highest BCUT2D eigenvalue weighted by Crippen LogP contribution is 2.49. The summed E-state index contributed by atoms with van der Waals surface area (Å²) in [6, 6.07) is 4.31. The van der Waals surface area contributed by atoms with E-state index in [9.17, 15) is 23.5 Å². The summed E-state index contributed by atoms with van der Waals surface area (Å²) in [5, 5.41) is 9.62. The van der Waals surface area contributed by atoms with Crippen molar-refractivity contribution in [3.63, 3.8) is 0 Å². The van der Waals surface area contributed by atoms with Crippen LogP contribution in [0.5, 0.6) is 11.5 Å². The SMILES string of the molecule is COc1cccc(C(=O)N2C[C@@H]3CCC[C@@]3(C(=O)O)C2)c1OC(F)F. The van der Waals surface area contributed by atoms with E-state index in [1.54, 1.807) is 0 Å². The van der Waals surface area contributed by atoms with Crippen LogP contribution in [0.4, 0.5) is 8.78 Å². The third-order valence-electron chi connectivity index (χ3n) is 5.22. The number of benzene rings is 1. The number of nitrogens with zero attached hydrogens (tertiary/aromatic N) is 1. The molecule has 136 valence electrons. The lowest BCUT2D eigenvalue weighted by Gasteiger charge is -2.24. The second-order valence-corrected chi connectivity index (χ2v) is 6.45. The van der Waals surface area contributed by atoms with Gasteiger partial charge in [0.2, 0.25) is 0 Å². The fraction of sp³-hybridized carbons (Fsp3) is 0.529. The lowest BCUT2D eigenvalue weighted by molar-refractivity contribution is -0.149. The molecule has 25 heavy (non-hydrogen) atoms. The molecule has 1 heterocycles. The van der Waals surface area contributed by atoms with E-state index in [1.807, 2.05) is 0 Å². The van der Waals surface area contributed by atoms with Crippen molar-refractivity contribution in [3.8, 4) is 11.5 Å². The molecule has 1 saturated heterocycles. The number of likely N-dealkylation sites (tertiary alicyclic amines) is 1. The minimum Gasteiger partial charge on any atom is -0.493 e. The molecule has 1 saturated carbocycles. The predicted molar refractivity (Wildman–Crippen MR) is 82.9 cm³/mol. The molecule has 0 aromatic heterocycles. The minimum absolute atomic E-state index is 0.0264. The fourth-order valence-electron chi connectivity index (χ4n) is 4.02. The summed E-state index contributed by atoms with van der Waals surface area (Å²) in [6.07, 6.45) is 2.09. The van der Waals surface area contributed by atoms with E-state index in [2.05, 4.69) is 4.74 Å². The predicted octanol–water partition coefficient (Wildman–Crippen LogP) is 2.62. The zero-order chi connectivity index (χ0) is 18.2. The summed E-state index contributed by atoms with van der Waals surface area (Å²) in [7, 11) is 1.29. The molecule has 0 radical (unpaired) electrons. The van der Waals surface area contributed by atoms with Gasteiger partial charge in [-0.05, 0) is 30.9 Å². The molecular formula is C17H19F2NO5. The highest BCUT2D eigenvalue weighted by atomic mass is 19.3. The number of hydrogen-bond donors (Lipinski definition) is 1. The van der Waals surface area contributed by atoms with Crippen molar-refractivity contribution in [3.05, 3.63) is 23.8 Å². The molecule has 3 rings (SSSR count). The normalized spacial score (nSPS) is 25.1. The van der Waals surface area contributed by atoms with Crippen molar-refractivity contribution in [1.82, 2.24) is 4.90 Å². The summed E-state index contributed by atoms with van der Waals surface area (Å²) in [5.41, 5.74) is -0.988. The molecule has 1 N–H and O–H groups in total. The second kappa shape index (κ2) is 6.50. The first-order chi connectivity index (χ1) is 11.9. The Morgan fingerprint density at radius 3 is 2.76 bits per heavy atom. The van der Waals surface area contributed by atoms with Gasteiger partial charge in [0.15, 0.2) is 11.5 Å². The minimum atomic E-state index is -3.11. The second-order valence-electron chi connectivity index (χ2n) is 6.45. The van der Waals surface area contributed by atoms with E-state index in [0.29, 0.717) is 13.0 Å². The smallest absolute Gasteiger partial charge is 0.387 e. The van der Waals surface area contributed by atoms with Gasteiger partial charge in [0.25, 0.3) is 5.91 Å². The van der Waals surface area contributed by atoms with Gasteiger partial charge in [0, 0.05) is 13.1 Å². The maximum atomic E-state index is 12.9. The van der Waals surface area contributed by atoms with Crippen LogP contribution in [0.3, 0.4) is 0 Å². The molecule has 2 atom stereocenters. The number of carboxylic acids is 1. The van der Waals surface area contributed by atoms with Crippen LogP contribution in [0.15, 0.2) is 18.2 Å². The Morgan fingerprint density at radius 1 is 1.40 bits per heavy atom. The van der Waals surface area contributed by atoms with Crippen molar-refractivity contribution in [2.24, 2.45) is 11.3 Å². The van der Waals surface area contributed by atoms with Gasteiger partial charge in [0.1, 0.15) is 0 Å². The number of fused-ring (bicyclic) bond motifs is 1. The maximum absolute atomic E-state index is 12.9. The van der Waals surface area contributed by atoms with Crippen molar-refractivity contribution in [2.75, 3.05) is 20.2 Å². The van der Waals surface area contributed by atoms with Crippen LogP contribution in [0.25, 0.3) is 0 Å². The standard InChI is InChI=1S/C17H19F2NO5/c1-24-12-6-2-5-11(13(12)25-16(18)19)14(21)20-8-10-4-3-7-17(10,9-20)15(22)23/h2,5-6,10,16H,3-4,7-9H2,1H3,(H,22,23)/t10-,17+/m0/s1. The molecule has 0 unspecified atom stereocenters. The number of aliphatic carboxylic acids is 1. The van der Waals surface area contributed by atoms with Crippen LogP contribution in [-0.4, -0.2) is 48.7 Å². The zero-order valence-corrected chi connectivity index (χ0v) is 13.7. The molecule has 1 aromatic rings. The Balaban J connectivity index is 1.91. The summed E-state index contributed by atoms with van der Waals surface area (Å²) >= 11 is 0. The average molecular weight is 355 g/mol. The average Bonchev–Trinajstić information content (AvgIpc) is 3.12. The molecule has 1 aromatic carbocycles. The summed E-state index contributed by atoms with van der Waals surface area (Å²) < 4.78 is 35.0. The number of carbonyl (C=O) groups is 2. The van der Waals surface area contributed by atoms with Crippen molar-refractivity contribution < 1.29 is 33.0 Å². The van der Waals surface area contributed by atoms with Gasteiger partial charge in [-0.1, -0.05) is 12.5 Å². The quantitative estimate of drug-likeness (QED) is 0.879. The molecule has 1 amide bonds. The lowest BCUT2D eigenvalue weighted by atomic mass is 9.81. The number of rotatable bonds is 5. The third-order valence-corrected chi connectivity index (χ3v) is 5.22. The Morgan fingerprint density at radius 2 is 2.16 bits per heavy atom. The van der Waals surface area contributed by atoms with Crippen LogP contribution in [0.1, 0.15) is 29.6 Å². The molecule has 0 spiro atoms. The zero-order valence-electron chi connectivity index (χ0n) is 13.7. The summed E-state index contributed by atoms with van der Waals surface area (Å²) in [5.74, 6) is -1.84. The lowest BCUT2D eigenvalue weighted by Crippen LogP contribution is -2.37. The molecule has 2 aliphatic rings. The van der Waals surface area contributed by atoms with Crippen molar-refractivity contribution in [2.45, 2.75) is 25.9 Å². The highest BCUT2D eigenvalue weighted by Gasteiger charge is 2.56. The summed E-state index contributed by atoms with van der Waals surface area (Å²) in [6.45, 7) is -2.72. The van der Waals surface area contributed by atoms with Gasteiger partial charge in [0.05, 0.1) is 18.1 Å².